The standard InChI is InChI=1S/C25H26O5/c1-3-29-25(26)24(30-16-27-2)23-21-7-5-4-6-17(21)10-11-22(23)19-8-9-20-15-28-13-12-18(20)14-19/h4-11,14,24H,3,12-13,15-16H2,1-2H3. The predicted octanol–water partition coefficient (Wildman–Crippen LogP) is 4.80. The molecule has 4 rings (SSSR count). The number of hydrogen-bond donors (Lipinski definition) is 0. The molecule has 1 heterocycles. The van der Waals surface area contributed by atoms with Gasteiger partial charge >= 0.3 is 5.97 Å². The molecule has 30 heavy (non-hydrogen) atoms. The van der Waals surface area contributed by atoms with Gasteiger partial charge in [-0.3, -0.25) is 0 Å². The summed E-state index contributed by atoms with van der Waals surface area (Å²) in [5.41, 5.74) is 5.30. The largest absolute Gasteiger partial charge is 0.464 e. The van der Waals surface area contributed by atoms with E-state index in [1.165, 1.54) is 18.2 Å². The second-order valence-electron chi connectivity index (χ2n) is 7.24. The summed E-state index contributed by atoms with van der Waals surface area (Å²) in [6.07, 6.45) is -0.00141. The fourth-order valence-corrected chi connectivity index (χ4v) is 3.98. The molecule has 1 unspecified atom stereocenters. The minimum atomic E-state index is -0.884. The van der Waals surface area contributed by atoms with Crippen molar-refractivity contribution in [3.05, 3.63) is 71.3 Å². The van der Waals surface area contributed by atoms with Crippen molar-refractivity contribution in [2.45, 2.75) is 26.1 Å². The molecule has 3 aromatic carbocycles. The van der Waals surface area contributed by atoms with Crippen LogP contribution in [0, 0.1) is 0 Å². The van der Waals surface area contributed by atoms with Crippen LogP contribution in [0.2, 0.25) is 0 Å². The van der Waals surface area contributed by atoms with Crippen molar-refractivity contribution in [3.63, 3.8) is 0 Å². The zero-order valence-electron chi connectivity index (χ0n) is 17.4. The second kappa shape index (κ2) is 9.39. The maximum absolute atomic E-state index is 12.9. The lowest BCUT2D eigenvalue weighted by molar-refractivity contribution is -0.165. The first-order valence-electron chi connectivity index (χ1n) is 10.2. The molecule has 5 heteroatoms. The Morgan fingerprint density at radius 3 is 2.80 bits per heavy atom. The van der Waals surface area contributed by atoms with E-state index in [9.17, 15) is 4.79 Å². The number of carbonyl (C=O) groups excluding carboxylic acids is 1. The first-order valence-corrected chi connectivity index (χ1v) is 10.2. The fraction of sp³-hybridized carbons (Fsp3) is 0.320. The van der Waals surface area contributed by atoms with E-state index in [2.05, 4.69) is 30.3 Å². The summed E-state index contributed by atoms with van der Waals surface area (Å²) in [5.74, 6) is -0.418. The monoisotopic (exact) mass is 406 g/mol. The van der Waals surface area contributed by atoms with Crippen LogP contribution in [-0.4, -0.2) is 33.1 Å². The molecule has 5 nitrogen and oxygen atoms in total. The molecule has 0 fully saturated rings. The molecule has 0 saturated heterocycles. The van der Waals surface area contributed by atoms with Crippen LogP contribution in [0.1, 0.15) is 29.7 Å². The smallest absolute Gasteiger partial charge is 0.340 e. The third-order valence-corrected chi connectivity index (χ3v) is 5.38. The van der Waals surface area contributed by atoms with E-state index in [0.717, 1.165) is 40.5 Å². The zero-order valence-corrected chi connectivity index (χ0v) is 17.4. The molecule has 0 N–H and O–H groups in total. The number of fused-ring (bicyclic) bond motifs is 2. The van der Waals surface area contributed by atoms with Crippen LogP contribution in [0.5, 0.6) is 0 Å². The van der Waals surface area contributed by atoms with Gasteiger partial charge in [-0.05, 0) is 46.4 Å². The molecule has 0 spiro atoms. The summed E-state index contributed by atoms with van der Waals surface area (Å²) in [6, 6.07) is 18.5. The molecule has 0 saturated carbocycles. The van der Waals surface area contributed by atoms with Gasteiger partial charge in [-0.15, -0.1) is 0 Å². The van der Waals surface area contributed by atoms with Crippen LogP contribution >= 0.6 is 0 Å². The Labute approximate surface area is 176 Å². The Hall–Kier alpha value is -2.73. The Kier molecular flexibility index (Phi) is 6.43. The molecule has 0 bridgehead atoms. The Morgan fingerprint density at radius 2 is 1.97 bits per heavy atom. The maximum Gasteiger partial charge on any atom is 0.340 e. The highest BCUT2D eigenvalue weighted by atomic mass is 16.7. The number of carbonyl (C=O) groups is 1. The minimum Gasteiger partial charge on any atom is -0.464 e. The third kappa shape index (κ3) is 4.10. The van der Waals surface area contributed by atoms with Crippen molar-refractivity contribution >= 4 is 16.7 Å². The van der Waals surface area contributed by atoms with E-state index in [1.54, 1.807) is 6.92 Å². The number of hydrogen-bond acceptors (Lipinski definition) is 5. The summed E-state index contributed by atoms with van der Waals surface area (Å²) in [7, 11) is 1.54. The molecule has 0 amide bonds. The van der Waals surface area contributed by atoms with Crippen LogP contribution in [0.15, 0.2) is 54.6 Å². The number of methoxy groups -OCH3 is 1. The van der Waals surface area contributed by atoms with Gasteiger partial charge in [0.15, 0.2) is 6.10 Å². The minimum absolute atomic E-state index is 0.00628. The van der Waals surface area contributed by atoms with Gasteiger partial charge in [-0.2, -0.15) is 0 Å². The number of ether oxygens (including phenoxy) is 4. The summed E-state index contributed by atoms with van der Waals surface area (Å²) in [5, 5.41) is 2.00. The van der Waals surface area contributed by atoms with E-state index < -0.39 is 12.1 Å². The summed E-state index contributed by atoms with van der Waals surface area (Å²) < 4.78 is 21.9. The quantitative estimate of drug-likeness (QED) is 0.417. The van der Waals surface area contributed by atoms with Gasteiger partial charge < -0.3 is 18.9 Å². The topological polar surface area (TPSA) is 54.0 Å². The zero-order chi connectivity index (χ0) is 20.9. The highest BCUT2D eigenvalue weighted by molar-refractivity contribution is 5.96. The van der Waals surface area contributed by atoms with Crippen LogP contribution in [0.4, 0.5) is 0 Å². The first kappa shape index (κ1) is 20.5. The third-order valence-electron chi connectivity index (χ3n) is 5.38. The van der Waals surface area contributed by atoms with Gasteiger partial charge in [-0.25, -0.2) is 4.79 Å². The Morgan fingerprint density at radius 1 is 1.10 bits per heavy atom. The van der Waals surface area contributed by atoms with Crippen molar-refractivity contribution in [2.24, 2.45) is 0 Å². The fourth-order valence-electron chi connectivity index (χ4n) is 3.98. The van der Waals surface area contributed by atoms with Gasteiger partial charge in [0.1, 0.15) is 6.79 Å². The predicted molar refractivity (Wildman–Crippen MR) is 115 cm³/mol. The molecule has 0 aromatic heterocycles. The summed E-state index contributed by atoms with van der Waals surface area (Å²) in [4.78, 5) is 12.9. The van der Waals surface area contributed by atoms with E-state index in [0.29, 0.717) is 6.61 Å². The van der Waals surface area contributed by atoms with E-state index in [-0.39, 0.29) is 13.4 Å². The van der Waals surface area contributed by atoms with E-state index in [1.807, 2.05) is 24.3 Å². The molecule has 1 atom stereocenters. The molecule has 156 valence electrons. The van der Waals surface area contributed by atoms with Crippen LogP contribution in [0.25, 0.3) is 21.9 Å². The molecular weight excluding hydrogens is 380 g/mol. The van der Waals surface area contributed by atoms with E-state index >= 15 is 0 Å². The van der Waals surface area contributed by atoms with Crippen molar-refractivity contribution in [3.8, 4) is 11.1 Å². The van der Waals surface area contributed by atoms with Crippen LogP contribution in [-0.2, 0) is 36.8 Å². The summed E-state index contributed by atoms with van der Waals surface area (Å²) >= 11 is 0. The van der Waals surface area contributed by atoms with Crippen LogP contribution < -0.4 is 0 Å². The lowest BCUT2D eigenvalue weighted by Crippen LogP contribution is -2.21. The average molecular weight is 406 g/mol. The number of benzene rings is 3. The van der Waals surface area contributed by atoms with Crippen molar-refractivity contribution in [1.82, 2.24) is 0 Å². The maximum atomic E-state index is 12.9. The normalized spacial score (nSPS) is 14.3. The Bertz CT molecular complexity index is 1040. The first-order chi connectivity index (χ1) is 14.7. The lowest BCUT2D eigenvalue weighted by Gasteiger charge is -2.23. The number of rotatable bonds is 7. The molecular formula is C25H26O5. The van der Waals surface area contributed by atoms with Crippen molar-refractivity contribution in [2.75, 3.05) is 27.1 Å². The second-order valence-corrected chi connectivity index (χ2v) is 7.24. The van der Waals surface area contributed by atoms with E-state index in [4.69, 9.17) is 18.9 Å². The Balaban J connectivity index is 1.90. The van der Waals surface area contributed by atoms with Gasteiger partial charge in [0.2, 0.25) is 0 Å². The van der Waals surface area contributed by atoms with Gasteiger partial charge in [-0.1, -0.05) is 54.6 Å². The van der Waals surface area contributed by atoms with Gasteiger partial charge in [0.05, 0.1) is 19.8 Å². The van der Waals surface area contributed by atoms with Crippen molar-refractivity contribution in [1.29, 1.82) is 0 Å². The van der Waals surface area contributed by atoms with Crippen LogP contribution in [0.3, 0.4) is 0 Å². The highest BCUT2D eigenvalue weighted by Gasteiger charge is 2.28. The summed E-state index contributed by atoms with van der Waals surface area (Å²) in [6.45, 7) is 3.44. The average Bonchev–Trinajstić information content (AvgIpc) is 2.79. The lowest BCUT2D eigenvalue weighted by atomic mass is 9.89. The molecule has 1 aliphatic rings. The SMILES string of the molecule is CCOC(=O)C(OCOC)c1c(-c2ccc3c(c2)CCOC3)ccc2ccccc12. The van der Waals surface area contributed by atoms with Crippen molar-refractivity contribution < 1.29 is 23.7 Å². The highest BCUT2D eigenvalue weighted by Crippen LogP contribution is 2.38. The molecule has 0 radical (unpaired) electrons. The number of esters is 1. The van der Waals surface area contributed by atoms with Gasteiger partial charge in [0, 0.05) is 12.7 Å². The van der Waals surface area contributed by atoms with Gasteiger partial charge in [0.25, 0.3) is 0 Å². The molecule has 0 aliphatic carbocycles. The molecule has 3 aromatic rings. The molecule has 1 aliphatic heterocycles.